The van der Waals surface area contributed by atoms with Gasteiger partial charge in [-0.1, -0.05) is 44.2 Å². The Kier molecular flexibility index (Phi) is 6.53. The van der Waals surface area contributed by atoms with Gasteiger partial charge in [-0.3, -0.25) is 9.69 Å². The molecule has 0 spiro atoms. The molecule has 106 valence electrons. The van der Waals surface area contributed by atoms with Crippen LogP contribution in [-0.4, -0.2) is 37.5 Å². The van der Waals surface area contributed by atoms with Gasteiger partial charge in [0, 0.05) is 6.54 Å². The van der Waals surface area contributed by atoms with Gasteiger partial charge in [0.15, 0.2) is 0 Å². The van der Waals surface area contributed by atoms with E-state index in [1.54, 1.807) is 0 Å². The van der Waals surface area contributed by atoms with Gasteiger partial charge in [-0.25, -0.2) is 0 Å². The van der Waals surface area contributed by atoms with Crippen LogP contribution in [0, 0.1) is 5.92 Å². The smallest absolute Gasteiger partial charge is 0.241 e. The zero-order valence-electron chi connectivity index (χ0n) is 12.1. The average molecular weight is 263 g/mol. The van der Waals surface area contributed by atoms with Gasteiger partial charge in [0.05, 0.1) is 0 Å². The fourth-order valence-electron chi connectivity index (χ4n) is 1.88. The second-order valence-corrected chi connectivity index (χ2v) is 4.97. The zero-order valence-corrected chi connectivity index (χ0v) is 12.1. The first-order chi connectivity index (χ1) is 9.10. The lowest BCUT2D eigenvalue weighted by Gasteiger charge is -2.26. The van der Waals surface area contributed by atoms with Gasteiger partial charge < -0.3 is 11.1 Å². The van der Waals surface area contributed by atoms with E-state index in [1.807, 2.05) is 56.1 Å². The second kappa shape index (κ2) is 7.92. The van der Waals surface area contributed by atoms with Crippen LogP contribution in [0.15, 0.2) is 30.3 Å². The van der Waals surface area contributed by atoms with Crippen LogP contribution in [0.25, 0.3) is 0 Å². The summed E-state index contributed by atoms with van der Waals surface area (Å²) in [6.07, 6.45) is 0. The van der Waals surface area contributed by atoms with Crippen LogP contribution in [0.3, 0.4) is 0 Å². The van der Waals surface area contributed by atoms with Crippen LogP contribution in [0.2, 0.25) is 0 Å². The summed E-state index contributed by atoms with van der Waals surface area (Å²) in [7, 11) is 1.96. The molecule has 1 amide bonds. The number of nitrogens with one attached hydrogen (secondary N) is 1. The number of hydrogen-bond donors (Lipinski definition) is 2. The molecular weight excluding hydrogens is 238 g/mol. The van der Waals surface area contributed by atoms with Crippen molar-refractivity contribution < 1.29 is 4.79 Å². The van der Waals surface area contributed by atoms with E-state index in [4.69, 9.17) is 5.73 Å². The highest BCUT2D eigenvalue weighted by molar-refractivity contribution is 5.83. The van der Waals surface area contributed by atoms with Gasteiger partial charge in [-0.05, 0) is 31.6 Å². The van der Waals surface area contributed by atoms with Crippen LogP contribution in [0.1, 0.15) is 25.5 Å². The van der Waals surface area contributed by atoms with Gasteiger partial charge in [0.25, 0.3) is 0 Å². The average Bonchev–Trinajstić information content (AvgIpc) is 2.45. The third kappa shape index (κ3) is 4.65. The number of hydrogen-bond acceptors (Lipinski definition) is 3. The molecule has 0 heterocycles. The lowest BCUT2D eigenvalue weighted by Crippen LogP contribution is -2.41. The van der Waals surface area contributed by atoms with E-state index >= 15 is 0 Å². The summed E-state index contributed by atoms with van der Waals surface area (Å²) in [6, 6.07) is 9.62. The molecule has 0 aliphatic carbocycles. The van der Waals surface area contributed by atoms with Crippen molar-refractivity contribution in [2.24, 2.45) is 11.7 Å². The first-order valence-corrected chi connectivity index (χ1v) is 6.83. The normalized spacial score (nSPS) is 14.2. The molecule has 0 aliphatic heterocycles. The van der Waals surface area contributed by atoms with Gasteiger partial charge in [-0.15, -0.1) is 0 Å². The molecule has 0 saturated heterocycles. The topological polar surface area (TPSA) is 58.4 Å². The molecule has 4 nitrogen and oxygen atoms in total. The van der Waals surface area contributed by atoms with Crippen LogP contribution >= 0.6 is 0 Å². The number of nitrogens with two attached hydrogens (primary N) is 1. The minimum atomic E-state index is -0.240. The number of rotatable bonds is 7. The minimum Gasteiger partial charge on any atom is -0.354 e. The van der Waals surface area contributed by atoms with E-state index < -0.39 is 0 Å². The van der Waals surface area contributed by atoms with Crippen LogP contribution in [0.5, 0.6) is 0 Å². The van der Waals surface area contributed by atoms with Gasteiger partial charge in [0.2, 0.25) is 5.91 Å². The van der Waals surface area contributed by atoms with Gasteiger partial charge >= 0.3 is 0 Å². The molecule has 1 aromatic carbocycles. The van der Waals surface area contributed by atoms with Crippen molar-refractivity contribution in [3.8, 4) is 0 Å². The highest BCUT2D eigenvalue weighted by atomic mass is 16.2. The zero-order chi connectivity index (χ0) is 14.3. The highest BCUT2D eigenvalue weighted by Crippen LogP contribution is 2.19. The van der Waals surface area contributed by atoms with E-state index in [0.717, 1.165) is 12.1 Å². The Labute approximate surface area is 116 Å². The number of carbonyl (C=O) groups is 1. The monoisotopic (exact) mass is 263 g/mol. The molecule has 0 aromatic heterocycles. The number of likely N-dealkylation sites (N-methyl/N-ethyl adjacent to an activating group) is 1. The fourth-order valence-corrected chi connectivity index (χ4v) is 1.88. The highest BCUT2D eigenvalue weighted by Gasteiger charge is 2.23. The van der Waals surface area contributed by atoms with E-state index in [9.17, 15) is 4.79 Å². The molecule has 0 radical (unpaired) electrons. The standard InChI is InChI=1S/C15H25N3O/c1-4-18(3)14(13-8-6-5-7-9-13)15(19)17-11-12(2)10-16/h5-9,12,14H,4,10-11,16H2,1-3H3,(H,17,19). The lowest BCUT2D eigenvalue weighted by molar-refractivity contribution is -0.126. The number of amides is 1. The Balaban J connectivity index is 2.77. The summed E-state index contributed by atoms with van der Waals surface area (Å²) >= 11 is 0. The Hall–Kier alpha value is -1.39. The molecule has 0 fully saturated rings. The van der Waals surface area contributed by atoms with Crippen molar-refractivity contribution in [3.05, 3.63) is 35.9 Å². The van der Waals surface area contributed by atoms with Crippen LogP contribution < -0.4 is 11.1 Å². The molecule has 1 rings (SSSR count). The number of carbonyl (C=O) groups excluding carboxylic acids is 1. The Morgan fingerprint density at radius 2 is 2.00 bits per heavy atom. The summed E-state index contributed by atoms with van der Waals surface area (Å²) in [6.45, 7) is 6.10. The van der Waals surface area contributed by atoms with Crippen LogP contribution in [0.4, 0.5) is 0 Å². The molecule has 2 unspecified atom stereocenters. The molecule has 19 heavy (non-hydrogen) atoms. The molecule has 3 N–H and O–H groups in total. The molecular formula is C15H25N3O. The van der Waals surface area contributed by atoms with E-state index in [2.05, 4.69) is 5.32 Å². The predicted molar refractivity (Wildman–Crippen MR) is 78.7 cm³/mol. The van der Waals surface area contributed by atoms with Crippen molar-refractivity contribution in [2.45, 2.75) is 19.9 Å². The van der Waals surface area contributed by atoms with Gasteiger partial charge in [0.1, 0.15) is 6.04 Å². The second-order valence-electron chi connectivity index (χ2n) is 4.97. The summed E-state index contributed by atoms with van der Waals surface area (Å²) in [4.78, 5) is 14.4. The van der Waals surface area contributed by atoms with Crippen molar-refractivity contribution in [1.29, 1.82) is 0 Å². The van der Waals surface area contributed by atoms with Crippen molar-refractivity contribution in [1.82, 2.24) is 10.2 Å². The van der Waals surface area contributed by atoms with E-state index in [-0.39, 0.29) is 11.9 Å². The third-order valence-electron chi connectivity index (χ3n) is 3.33. The first kappa shape index (κ1) is 15.7. The molecule has 0 aliphatic rings. The largest absolute Gasteiger partial charge is 0.354 e. The maximum atomic E-state index is 12.4. The predicted octanol–water partition coefficient (Wildman–Crippen LogP) is 1.39. The number of benzene rings is 1. The molecule has 2 atom stereocenters. The number of nitrogens with zero attached hydrogens (tertiary/aromatic N) is 1. The summed E-state index contributed by atoms with van der Waals surface area (Å²) in [5.74, 6) is 0.336. The summed E-state index contributed by atoms with van der Waals surface area (Å²) in [5, 5.41) is 2.99. The van der Waals surface area contributed by atoms with Gasteiger partial charge in [-0.2, -0.15) is 0 Å². The SMILES string of the molecule is CCN(C)C(C(=O)NCC(C)CN)c1ccccc1. The summed E-state index contributed by atoms with van der Waals surface area (Å²) < 4.78 is 0. The Bertz CT molecular complexity index is 380. The first-order valence-electron chi connectivity index (χ1n) is 6.83. The van der Waals surface area contributed by atoms with Crippen molar-refractivity contribution in [2.75, 3.05) is 26.7 Å². The molecule has 0 saturated carbocycles. The van der Waals surface area contributed by atoms with Crippen molar-refractivity contribution in [3.63, 3.8) is 0 Å². The maximum absolute atomic E-state index is 12.4. The molecule has 4 heteroatoms. The fraction of sp³-hybridized carbons (Fsp3) is 0.533. The quantitative estimate of drug-likeness (QED) is 0.781. The Morgan fingerprint density at radius 1 is 1.37 bits per heavy atom. The van der Waals surface area contributed by atoms with E-state index in [1.165, 1.54) is 0 Å². The lowest BCUT2D eigenvalue weighted by atomic mass is 10.0. The minimum absolute atomic E-state index is 0.0378. The van der Waals surface area contributed by atoms with Crippen LogP contribution in [-0.2, 0) is 4.79 Å². The van der Waals surface area contributed by atoms with E-state index in [0.29, 0.717) is 19.0 Å². The maximum Gasteiger partial charge on any atom is 0.241 e. The van der Waals surface area contributed by atoms with Crippen molar-refractivity contribution >= 4 is 5.91 Å². The Morgan fingerprint density at radius 3 is 2.53 bits per heavy atom. The summed E-state index contributed by atoms with van der Waals surface area (Å²) in [5.41, 5.74) is 6.59. The third-order valence-corrected chi connectivity index (χ3v) is 3.33. The molecule has 1 aromatic rings. The molecule has 0 bridgehead atoms.